The molecule has 116 valence electrons. The van der Waals surface area contributed by atoms with Crippen LogP contribution in [-0.4, -0.2) is 46.4 Å². The van der Waals surface area contributed by atoms with E-state index >= 15 is 0 Å². The lowest BCUT2D eigenvalue weighted by Gasteiger charge is -2.15. The molecule has 7 heteroatoms. The number of nitrogens with zero attached hydrogens (tertiary/aromatic N) is 1. The number of hydrogen-bond acceptors (Lipinski definition) is 5. The molecule has 1 aliphatic heterocycles. The highest BCUT2D eigenvalue weighted by Gasteiger charge is 2.37. The molecule has 0 spiro atoms. The van der Waals surface area contributed by atoms with Crippen molar-refractivity contribution in [1.29, 1.82) is 0 Å². The summed E-state index contributed by atoms with van der Waals surface area (Å²) < 4.78 is 4.76. The summed E-state index contributed by atoms with van der Waals surface area (Å²) in [6.45, 7) is 1.52. The lowest BCUT2D eigenvalue weighted by Crippen LogP contribution is -2.38. The van der Waals surface area contributed by atoms with E-state index in [9.17, 15) is 19.2 Å². The number of Topliss-reactive ketones (excluding diaryl/α,β-unsaturated/α-hetero) is 1. The molecule has 1 atom stereocenters. The molecule has 0 aliphatic carbocycles. The molecule has 1 aromatic carbocycles. The van der Waals surface area contributed by atoms with Crippen LogP contribution in [0.3, 0.4) is 0 Å². The Balaban J connectivity index is 2.03. The number of rotatable bonds is 6. The van der Waals surface area contributed by atoms with Gasteiger partial charge in [-0.25, -0.2) is 0 Å². The smallest absolute Gasteiger partial charge is 0.307 e. The Bertz CT molecular complexity index is 608. The zero-order valence-corrected chi connectivity index (χ0v) is 13.5. The lowest BCUT2D eigenvalue weighted by molar-refractivity contribution is -0.144. The molecular weight excluding hydrogens is 354 g/mol. The van der Waals surface area contributed by atoms with E-state index in [1.54, 1.807) is 31.2 Å². The van der Waals surface area contributed by atoms with Crippen molar-refractivity contribution in [3.8, 4) is 0 Å². The van der Waals surface area contributed by atoms with Gasteiger partial charge in [0.05, 0.1) is 35.5 Å². The molecule has 0 N–H and O–H groups in total. The van der Waals surface area contributed by atoms with Gasteiger partial charge in [-0.15, -0.1) is 0 Å². The predicted octanol–water partition coefficient (Wildman–Crippen LogP) is 1.57. The van der Waals surface area contributed by atoms with Crippen LogP contribution in [0.25, 0.3) is 0 Å². The molecule has 22 heavy (non-hydrogen) atoms. The van der Waals surface area contributed by atoms with E-state index in [2.05, 4.69) is 15.9 Å². The van der Waals surface area contributed by atoms with Crippen molar-refractivity contribution in [2.45, 2.75) is 18.2 Å². The maximum Gasteiger partial charge on any atom is 0.307 e. The highest BCUT2D eigenvalue weighted by Crippen LogP contribution is 2.23. The Morgan fingerprint density at radius 3 is 2.23 bits per heavy atom. The molecule has 1 unspecified atom stereocenters. The minimum atomic E-state index is -0.795. The van der Waals surface area contributed by atoms with Crippen LogP contribution in [0, 0.1) is 0 Å². The maximum atomic E-state index is 12.1. The van der Waals surface area contributed by atoms with Gasteiger partial charge in [0.15, 0.2) is 5.78 Å². The molecule has 2 amide bonds. The van der Waals surface area contributed by atoms with E-state index in [0.29, 0.717) is 0 Å². The number of alkyl halides is 1. The molecule has 0 aromatic heterocycles. The summed E-state index contributed by atoms with van der Waals surface area (Å²) in [4.78, 5) is 47.8. The Morgan fingerprint density at radius 2 is 1.73 bits per heavy atom. The van der Waals surface area contributed by atoms with Crippen molar-refractivity contribution in [3.63, 3.8) is 0 Å². The molecule has 0 saturated heterocycles. The van der Waals surface area contributed by atoms with Crippen molar-refractivity contribution in [3.05, 3.63) is 35.4 Å². The molecule has 0 fully saturated rings. The molecule has 1 heterocycles. The van der Waals surface area contributed by atoms with E-state index in [1.165, 1.54) is 0 Å². The number of imide groups is 1. The molecule has 1 aliphatic rings. The number of carbonyl (C=O) groups is 4. The number of halogens is 1. The highest BCUT2D eigenvalue weighted by atomic mass is 79.9. The number of esters is 1. The van der Waals surface area contributed by atoms with Crippen LogP contribution in [0.15, 0.2) is 24.3 Å². The minimum Gasteiger partial charge on any atom is -0.466 e. The second-order valence-electron chi connectivity index (χ2n) is 4.69. The second-order valence-corrected chi connectivity index (χ2v) is 5.79. The third-order valence-electron chi connectivity index (χ3n) is 3.19. The quantitative estimate of drug-likeness (QED) is 0.433. The Hall–Kier alpha value is -2.02. The van der Waals surface area contributed by atoms with Crippen LogP contribution in [0.1, 0.15) is 34.1 Å². The highest BCUT2D eigenvalue weighted by molar-refractivity contribution is 9.10. The van der Waals surface area contributed by atoms with Crippen molar-refractivity contribution >= 4 is 39.5 Å². The lowest BCUT2D eigenvalue weighted by atomic mass is 10.1. The van der Waals surface area contributed by atoms with E-state index < -0.39 is 28.4 Å². The topological polar surface area (TPSA) is 80.8 Å². The zero-order valence-electron chi connectivity index (χ0n) is 11.9. The van der Waals surface area contributed by atoms with Gasteiger partial charge in [0.1, 0.15) is 0 Å². The van der Waals surface area contributed by atoms with Gasteiger partial charge in [0.25, 0.3) is 11.8 Å². The number of benzene rings is 1. The first-order valence-corrected chi connectivity index (χ1v) is 7.65. The van der Waals surface area contributed by atoms with E-state index in [1.807, 2.05) is 0 Å². The molecule has 6 nitrogen and oxygen atoms in total. The van der Waals surface area contributed by atoms with Crippen LogP contribution in [0.2, 0.25) is 0 Å². The largest absolute Gasteiger partial charge is 0.466 e. The molecule has 1 aromatic rings. The average Bonchev–Trinajstić information content (AvgIpc) is 2.73. The van der Waals surface area contributed by atoms with Crippen molar-refractivity contribution in [1.82, 2.24) is 4.90 Å². The summed E-state index contributed by atoms with van der Waals surface area (Å²) in [6.07, 6.45) is -0.143. The number of hydrogen-bond donors (Lipinski definition) is 0. The molecule has 0 bridgehead atoms. The van der Waals surface area contributed by atoms with Gasteiger partial charge < -0.3 is 4.74 Å². The summed E-state index contributed by atoms with van der Waals surface area (Å²) in [6, 6.07) is 6.40. The van der Waals surface area contributed by atoms with Gasteiger partial charge in [0.2, 0.25) is 0 Å². The first-order valence-electron chi connectivity index (χ1n) is 6.73. The van der Waals surface area contributed by atoms with Crippen molar-refractivity contribution < 1.29 is 23.9 Å². The second kappa shape index (κ2) is 6.83. The Labute approximate surface area is 135 Å². The standard InChI is InChI=1S/C15H14BrNO5/c1-2-22-13(19)7-11(16)12(18)8-17-14(20)9-5-3-4-6-10(9)15(17)21/h3-6,11H,2,7-8H2,1H3. The normalized spacial score (nSPS) is 14.7. The van der Waals surface area contributed by atoms with Gasteiger partial charge in [-0.05, 0) is 19.1 Å². The van der Waals surface area contributed by atoms with Crippen molar-refractivity contribution in [2.75, 3.05) is 13.2 Å². The van der Waals surface area contributed by atoms with Gasteiger partial charge >= 0.3 is 5.97 Å². The van der Waals surface area contributed by atoms with E-state index in [-0.39, 0.29) is 30.7 Å². The fraction of sp³-hybridized carbons (Fsp3) is 0.333. The van der Waals surface area contributed by atoms with Crippen LogP contribution < -0.4 is 0 Å². The van der Waals surface area contributed by atoms with Crippen LogP contribution >= 0.6 is 15.9 Å². The third kappa shape index (κ3) is 3.24. The first kappa shape index (κ1) is 16.4. The molecule has 2 rings (SSSR count). The number of carbonyl (C=O) groups excluding carboxylic acids is 4. The summed E-state index contributed by atoms with van der Waals surface area (Å²) in [5.41, 5.74) is 0.577. The fourth-order valence-electron chi connectivity index (χ4n) is 2.12. The third-order valence-corrected chi connectivity index (χ3v) is 4.03. The van der Waals surface area contributed by atoms with Crippen LogP contribution in [0.4, 0.5) is 0 Å². The summed E-state index contributed by atoms with van der Waals surface area (Å²) in [5.74, 6) is -1.93. The molecular formula is C15H14BrNO5. The van der Waals surface area contributed by atoms with Gasteiger partial charge in [-0.3, -0.25) is 24.1 Å². The van der Waals surface area contributed by atoms with Gasteiger partial charge in [-0.1, -0.05) is 28.1 Å². The Morgan fingerprint density at radius 1 is 1.18 bits per heavy atom. The molecule has 0 radical (unpaired) electrons. The van der Waals surface area contributed by atoms with Gasteiger partial charge in [0, 0.05) is 0 Å². The van der Waals surface area contributed by atoms with Crippen LogP contribution in [0.5, 0.6) is 0 Å². The SMILES string of the molecule is CCOC(=O)CC(Br)C(=O)CN1C(=O)c2ccccc2C1=O. The zero-order chi connectivity index (χ0) is 16.3. The predicted molar refractivity (Wildman–Crippen MR) is 80.8 cm³/mol. The monoisotopic (exact) mass is 367 g/mol. The number of fused-ring (bicyclic) bond motifs is 1. The van der Waals surface area contributed by atoms with Crippen LogP contribution in [-0.2, 0) is 14.3 Å². The van der Waals surface area contributed by atoms with Gasteiger partial charge in [-0.2, -0.15) is 0 Å². The first-order chi connectivity index (χ1) is 10.5. The minimum absolute atomic E-state index is 0.143. The molecule has 0 saturated carbocycles. The summed E-state index contributed by atoms with van der Waals surface area (Å²) in [7, 11) is 0. The van der Waals surface area contributed by atoms with E-state index in [4.69, 9.17) is 4.74 Å². The number of ketones is 1. The summed E-state index contributed by atoms with van der Waals surface area (Å²) >= 11 is 3.10. The fourth-order valence-corrected chi connectivity index (χ4v) is 2.53. The Kier molecular flexibility index (Phi) is 5.07. The maximum absolute atomic E-state index is 12.1. The number of amides is 2. The van der Waals surface area contributed by atoms with Crippen molar-refractivity contribution in [2.24, 2.45) is 0 Å². The number of ether oxygens (including phenoxy) is 1. The summed E-state index contributed by atoms with van der Waals surface area (Å²) in [5, 5.41) is 0. The van der Waals surface area contributed by atoms with E-state index in [0.717, 1.165) is 4.90 Å². The average molecular weight is 368 g/mol.